The monoisotopic (exact) mass is 307 g/mol. The van der Waals surface area contributed by atoms with Crippen molar-refractivity contribution in [3.05, 3.63) is 41.3 Å². The SMILES string of the molecule is CCC(O)CCNC(=O)/C=C/c1c(Cl)nc2ccccn12. The van der Waals surface area contributed by atoms with E-state index >= 15 is 0 Å². The zero-order chi connectivity index (χ0) is 15.2. The highest BCUT2D eigenvalue weighted by Gasteiger charge is 2.07. The first-order valence-electron chi connectivity index (χ1n) is 6.88. The second kappa shape index (κ2) is 7.24. The molecule has 112 valence electrons. The summed E-state index contributed by atoms with van der Waals surface area (Å²) in [5.41, 5.74) is 1.39. The van der Waals surface area contributed by atoms with Gasteiger partial charge >= 0.3 is 0 Å². The Hall–Kier alpha value is -1.85. The highest BCUT2D eigenvalue weighted by Crippen LogP contribution is 2.18. The summed E-state index contributed by atoms with van der Waals surface area (Å²) in [7, 11) is 0. The highest BCUT2D eigenvalue weighted by atomic mass is 35.5. The second-order valence-corrected chi connectivity index (χ2v) is 5.05. The number of carbonyl (C=O) groups is 1. The van der Waals surface area contributed by atoms with E-state index < -0.39 is 0 Å². The van der Waals surface area contributed by atoms with E-state index in [-0.39, 0.29) is 12.0 Å². The molecule has 0 aromatic carbocycles. The van der Waals surface area contributed by atoms with Crippen LogP contribution in [0.5, 0.6) is 0 Å². The van der Waals surface area contributed by atoms with Crippen molar-refractivity contribution in [1.29, 1.82) is 0 Å². The molecule has 21 heavy (non-hydrogen) atoms. The molecule has 1 atom stereocenters. The van der Waals surface area contributed by atoms with E-state index in [1.54, 1.807) is 6.08 Å². The van der Waals surface area contributed by atoms with Crippen LogP contribution in [0.3, 0.4) is 0 Å². The van der Waals surface area contributed by atoms with Crippen molar-refractivity contribution in [3.63, 3.8) is 0 Å². The molecule has 0 fully saturated rings. The van der Waals surface area contributed by atoms with Gasteiger partial charge in [0.1, 0.15) is 5.65 Å². The van der Waals surface area contributed by atoms with Crippen LogP contribution in [0, 0.1) is 0 Å². The van der Waals surface area contributed by atoms with Gasteiger partial charge in [0.2, 0.25) is 5.91 Å². The van der Waals surface area contributed by atoms with E-state index in [9.17, 15) is 9.90 Å². The summed E-state index contributed by atoms with van der Waals surface area (Å²) in [5.74, 6) is -0.222. The van der Waals surface area contributed by atoms with Crippen molar-refractivity contribution in [1.82, 2.24) is 14.7 Å². The van der Waals surface area contributed by atoms with Crippen LogP contribution >= 0.6 is 11.6 Å². The summed E-state index contributed by atoms with van der Waals surface area (Å²) < 4.78 is 1.81. The van der Waals surface area contributed by atoms with E-state index in [1.165, 1.54) is 6.08 Å². The highest BCUT2D eigenvalue weighted by molar-refractivity contribution is 6.31. The number of hydrogen-bond acceptors (Lipinski definition) is 3. The molecule has 2 aromatic heterocycles. The molecule has 5 nitrogen and oxygen atoms in total. The fourth-order valence-corrected chi connectivity index (χ4v) is 2.16. The van der Waals surface area contributed by atoms with Crippen LogP contribution in [0.1, 0.15) is 25.5 Å². The lowest BCUT2D eigenvalue weighted by Crippen LogP contribution is -2.25. The van der Waals surface area contributed by atoms with Crippen molar-refractivity contribution >= 4 is 29.2 Å². The third-order valence-electron chi connectivity index (χ3n) is 3.16. The van der Waals surface area contributed by atoms with Gasteiger partial charge in [0.15, 0.2) is 5.15 Å². The molecule has 6 heteroatoms. The lowest BCUT2D eigenvalue weighted by molar-refractivity contribution is -0.116. The summed E-state index contributed by atoms with van der Waals surface area (Å²) in [6.07, 6.45) is 5.75. The van der Waals surface area contributed by atoms with Gasteiger partial charge in [-0.15, -0.1) is 0 Å². The number of aliphatic hydroxyl groups excluding tert-OH is 1. The molecule has 0 saturated carbocycles. The first-order chi connectivity index (χ1) is 10.1. The average Bonchev–Trinajstić information content (AvgIpc) is 2.80. The number of pyridine rings is 1. The van der Waals surface area contributed by atoms with E-state index in [4.69, 9.17) is 11.6 Å². The standard InChI is InChI=1S/C15H18ClN3O2/c1-2-11(20)8-9-17-14(21)7-6-12-15(16)18-13-5-3-4-10-19(12)13/h3-7,10-11,20H,2,8-9H2,1H3,(H,17,21)/b7-6+. The molecule has 2 heterocycles. The number of aliphatic hydroxyl groups is 1. The number of imidazole rings is 1. The van der Waals surface area contributed by atoms with E-state index in [0.29, 0.717) is 30.2 Å². The molecule has 0 spiro atoms. The normalized spacial score (nSPS) is 12.9. The molecule has 0 radical (unpaired) electrons. The quantitative estimate of drug-likeness (QED) is 0.805. The Kier molecular flexibility index (Phi) is 5.36. The van der Waals surface area contributed by atoms with Crippen LogP contribution in [0.15, 0.2) is 30.5 Å². The number of aromatic nitrogens is 2. The van der Waals surface area contributed by atoms with Gasteiger partial charge in [-0.2, -0.15) is 0 Å². The van der Waals surface area contributed by atoms with Gasteiger partial charge < -0.3 is 10.4 Å². The van der Waals surface area contributed by atoms with E-state index in [1.807, 2.05) is 35.7 Å². The van der Waals surface area contributed by atoms with E-state index in [2.05, 4.69) is 10.3 Å². The Morgan fingerprint density at radius 3 is 3.14 bits per heavy atom. The van der Waals surface area contributed by atoms with Crippen LogP contribution in [-0.4, -0.2) is 33.0 Å². The Morgan fingerprint density at radius 2 is 2.38 bits per heavy atom. The predicted octanol–water partition coefficient (Wildman–Crippen LogP) is 2.28. The van der Waals surface area contributed by atoms with E-state index in [0.717, 1.165) is 5.65 Å². The Bertz CT molecular complexity index is 651. The summed E-state index contributed by atoms with van der Waals surface area (Å²) in [6.45, 7) is 2.35. The largest absolute Gasteiger partial charge is 0.393 e. The third-order valence-corrected chi connectivity index (χ3v) is 3.44. The fourth-order valence-electron chi connectivity index (χ4n) is 1.91. The number of nitrogens with zero attached hydrogens (tertiary/aromatic N) is 2. The maximum Gasteiger partial charge on any atom is 0.244 e. The van der Waals surface area contributed by atoms with Crippen LogP contribution in [0.4, 0.5) is 0 Å². The van der Waals surface area contributed by atoms with Crippen molar-refractivity contribution in [2.75, 3.05) is 6.54 Å². The summed E-state index contributed by atoms with van der Waals surface area (Å²) in [4.78, 5) is 15.9. The molecule has 0 aliphatic rings. The number of rotatable bonds is 6. The average molecular weight is 308 g/mol. The molecule has 2 N–H and O–H groups in total. The van der Waals surface area contributed by atoms with Gasteiger partial charge in [0.05, 0.1) is 11.8 Å². The van der Waals surface area contributed by atoms with Crippen molar-refractivity contribution in [2.45, 2.75) is 25.9 Å². The van der Waals surface area contributed by atoms with Crippen LogP contribution in [-0.2, 0) is 4.79 Å². The Balaban J connectivity index is 1.99. The van der Waals surface area contributed by atoms with Gasteiger partial charge in [-0.1, -0.05) is 24.6 Å². The van der Waals surface area contributed by atoms with Crippen LogP contribution in [0.25, 0.3) is 11.7 Å². The minimum atomic E-state index is -0.373. The maximum atomic E-state index is 11.7. The molecule has 0 saturated heterocycles. The lowest BCUT2D eigenvalue weighted by Gasteiger charge is -2.07. The lowest BCUT2D eigenvalue weighted by atomic mass is 10.2. The minimum absolute atomic E-state index is 0.222. The molecular weight excluding hydrogens is 290 g/mol. The minimum Gasteiger partial charge on any atom is -0.393 e. The molecular formula is C15H18ClN3O2. The molecule has 0 aliphatic carbocycles. The van der Waals surface area contributed by atoms with Gasteiger partial charge in [0.25, 0.3) is 0 Å². The molecule has 0 aliphatic heterocycles. The van der Waals surface area contributed by atoms with Crippen molar-refractivity contribution in [2.24, 2.45) is 0 Å². The number of amides is 1. The molecule has 1 amide bonds. The number of hydrogen-bond donors (Lipinski definition) is 2. The van der Waals surface area contributed by atoms with Crippen LogP contribution in [0.2, 0.25) is 5.15 Å². The number of carbonyl (C=O) groups excluding carboxylic acids is 1. The predicted molar refractivity (Wildman–Crippen MR) is 83.2 cm³/mol. The zero-order valence-electron chi connectivity index (χ0n) is 11.8. The smallest absolute Gasteiger partial charge is 0.244 e. The third kappa shape index (κ3) is 4.06. The second-order valence-electron chi connectivity index (χ2n) is 4.69. The Morgan fingerprint density at radius 1 is 1.57 bits per heavy atom. The first kappa shape index (κ1) is 15.5. The topological polar surface area (TPSA) is 66.6 Å². The summed E-state index contributed by atoms with van der Waals surface area (Å²) >= 11 is 6.07. The summed E-state index contributed by atoms with van der Waals surface area (Å²) in [5, 5.41) is 12.5. The number of halogens is 1. The van der Waals surface area contributed by atoms with Crippen LogP contribution < -0.4 is 5.32 Å². The molecule has 0 bridgehead atoms. The Labute approximate surface area is 128 Å². The van der Waals surface area contributed by atoms with Gasteiger partial charge in [-0.3, -0.25) is 9.20 Å². The fraction of sp³-hybridized carbons (Fsp3) is 0.333. The zero-order valence-corrected chi connectivity index (χ0v) is 12.5. The molecule has 2 rings (SSSR count). The molecule has 1 unspecified atom stereocenters. The maximum absolute atomic E-state index is 11.7. The van der Waals surface area contributed by atoms with Crippen molar-refractivity contribution in [3.8, 4) is 0 Å². The first-order valence-corrected chi connectivity index (χ1v) is 7.26. The number of nitrogens with one attached hydrogen (secondary N) is 1. The van der Waals surface area contributed by atoms with Gasteiger partial charge in [-0.05, 0) is 31.1 Å². The number of fused-ring (bicyclic) bond motifs is 1. The van der Waals surface area contributed by atoms with Gasteiger partial charge in [-0.25, -0.2) is 4.98 Å². The molecule has 2 aromatic rings. The van der Waals surface area contributed by atoms with Crippen molar-refractivity contribution < 1.29 is 9.90 Å². The summed E-state index contributed by atoms with van der Waals surface area (Å²) in [6, 6.07) is 5.59. The van der Waals surface area contributed by atoms with Gasteiger partial charge in [0, 0.05) is 18.8 Å².